The molecular weight excluding hydrogens is 538 g/mol. The highest BCUT2D eigenvalue weighted by Gasteiger charge is 2.21. The van der Waals surface area contributed by atoms with E-state index in [0.717, 1.165) is 40.5 Å². The van der Waals surface area contributed by atoms with Crippen molar-refractivity contribution < 1.29 is 18.1 Å². The van der Waals surface area contributed by atoms with Gasteiger partial charge in [-0.25, -0.2) is 13.4 Å². The highest BCUT2D eigenvalue weighted by Crippen LogP contribution is 2.37. The van der Waals surface area contributed by atoms with E-state index in [4.69, 9.17) is 9.72 Å². The molecule has 4 aromatic rings. The standard InChI is InChI=1S/C32H35N3O5S/c1-22(2)27-14-6-7-15-29(27)31-28(23-10-8-12-25(20-23)40-19-18-32(3,4)5)16-17-30(33-31)34-41(38,39)26-13-9-11-24(21-26)35(36)37/h6-17,20-22H,18-19H2,1-5H3,(H,33,34). The van der Waals surface area contributed by atoms with E-state index in [2.05, 4.69) is 39.3 Å². The zero-order valence-corrected chi connectivity index (χ0v) is 24.7. The number of anilines is 1. The lowest BCUT2D eigenvalue weighted by Crippen LogP contribution is -2.14. The number of nitro benzene ring substituents is 1. The Labute approximate surface area is 241 Å². The van der Waals surface area contributed by atoms with Crippen LogP contribution in [0.3, 0.4) is 0 Å². The third-order valence-corrected chi connectivity index (χ3v) is 7.93. The van der Waals surface area contributed by atoms with Gasteiger partial charge in [-0.05, 0) is 59.2 Å². The Hall–Kier alpha value is -4.24. The predicted octanol–water partition coefficient (Wildman–Crippen LogP) is 8.06. The van der Waals surface area contributed by atoms with Crippen LogP contribution in [-0.4, -0.2) is 24.9 Å². The summed E-state index contributed by atoms with van der Waals surface area (Å²) in [6.45, 7) is 11.3. The van der Waals surface area contributed by atoms with Crippen molar-refractivity contribution in [1.29, 1.82) is 0 Å². The highest BCUT2D eigenvalue weighted by molar-refractivity contribution is 7.92. The fourth-order valence-electron chi connectivity index (χ4n) is 4.36. The fourth-order valence-corrected chi connectivity index (χ4v) is 5.40. The van der Waals surface area contributed by atoms with E-state index in [-0.39, 0.29) is 27.7 Å². The van der Waals surface area contributed by atoms with Gasteiger partial charge < -0.3 is 4.74 Å². The third-order valence-electron chi connectivity index (χ3n) is 6.58. The van der Waals surface area contributed by atoms with Gasteiger partial charge in [-0.1, -0.05) is 77.1 Å². The molecular formula is C32H35N3O5S. The van der Waals surface area contributed by atoms with E-state index in [9.17, 15) is 18.5 Å². The second kappa shape index (κ2) is 12.1. The van der Waals surface area contributed by atoms with E-state index >= 15 is 0 Å². The summed E-state index contributed by atoms with van der Waals surface area (Å²) >= 11 is 0. The summed E-state index contributed by atoms with van der Waals surface area (Å²) in [4.78, 5) is 15.1. The van der Waals surface area contributed by atoms with Gasteiger partial charge in [0.15, 0.2) is 0 Å². The van der Waals surface area contributed by atoms with Crippen molar-refractivity contribution in [3.8, 4) is 28.1 Å². The molecule has 0 spiro atoms. The van der Waals surface area contributed by atoms with Gasteiger partial charge in [0.1, 0.15) is 11.6 Å². The molecule has 0 bridgehead atoms. The maximum Gasteiger partial charge on any atom is 0.270 e. The maximum absolute atomic E-state index is 13.2. The molecule has 0 amide bonds. The van der Waals surface area contributed by atoms with Crippen LogP contribution in [0.1, 0.15) is 52.5 Å². The molecule has 0 aliphatic heterocycles. The molecule has 0 unspecified atom stereocenters. The van der Waals surface area contributed by atoms with Crippen molar-refractivity contribution in [2.45, 2.75) is 51.9 Å². The molecule has 0 fully saturated rings. The quantitative estimate of drug-likeness (QED) is 0.152. The second-order valence-electron chi connectivity index (χ2n) is 11.4. The molecule has 8 nitrogen and oxygen atoms in total. The lowest BCUT2D eigenvalue weighted by atomic mass is 9.91. The first kappa shape index (κ1) is 29.7. The number of non-ortho nitro benzene ring substituents is 1. The molecule has 0 radical (unpaired) electrons. The number of nitrogens with one attached hydrogen (secondary N) is 1. The Morgan fingerprint density at radius 3 is 2.37 bits per heavy atom. The Morgan fingerprint density at radius 2 is 1.66 bits per heavy atom. The van der Waals surface area contributed by atoms with Crippen molar-refractivity contribution >= 4 is 21.5 Å². The number of rotatable bonds is 10. The molecule has 1 heterocycles. The first-order valence-corrected chi connectivity index (χ1v) is 14.9. The lowest BCUT2D eigenvalue weighted by molar-refractivity contribution is -0.385. The average Bonchev–Trinajstić information content (AvgIpc) is 2.92. The van der Waals surface area contributed by atoms with Gasteiger partial charge in [0.05, 0.1) is 22.1 Å². The SMILES string of the molecule is CC(C)c1ccccc1-c1nc(NS(=O)(=O)c2cccc([N+](=O)[O-])c2)ccc1-c1cccc(OCCC(C)(C)C)c1. The van der Waals surface area contributed by atoms with Gasteiger partial charge in [-0.3, -0.25) is 14.8 Å². The first-order chi connectivity index (χ1) is 19.3. The van der Waals surface area contributed by atoms with E-state index in [0.29, 0.717) is 12.3 Å². The zero-order valence-electron chi connectivity index (χ0n) is 23.9. The van der Waals surface area contributed by atoms with Crippen LogP contribution < -0.4 is 9.46 Å². The Kier molecular flexibility index (Phi) is 8.77. The summed E-state index contributed by atoms with van der Waals surface area (Å²) in [6.07, 6.45) is 0.908. The minimum atomic E-state index is -4.14. The number of nitro groups is 1. The fraction of sp³-hybridized carbons (Fsp3) is 0.281. The largest absolute Gasteiger partial charge is 0.494 e. The molecule has 1 N–H and O–H groups in total. The molecule has 41 heavy (non-hydrogen) atoms. The molecule has 1 aromatic heterocycles. The molecule has 9 heteroatoms. The zero-order chi connectivity index (χ0) is 29.8. The second-order valence-corrected chi connectivity index (χ2v) is 13.1. The minimum Gasteiger partial charge on any atom is -0.494 e. The molecule has 0 saturated heterocycles. The summed E-state index contributed by atoms with van der Waals surface area (Å²) in [6, 6.07) is 24.0. The van der Waals surface area contributed by atoms with Gasteiger partial charge in [0, 0.05) is 23.3 Å². The summed E-state index contributed by atoms with van der Waals surface area (Å²) in [5.74, 6) is 1.04. The van der Waals surface area contributed by atoms with Crippen molar-refractivity contribution in [1.82, 2.24) is 4.98 Å². The molecule has 0 atom stereocenters. The number of hydrogen-bond donors (Lipinski definition) is 1. The topological polar surface area (TPSA) is 111 Å². The molecule has 0 saturated carbocycles. The summed E-state index contributed by atoms with van der Waals surface area (Å²) in [5.41, 5.74) is 4.10. The van der Waals surface area contributed by atoms with Gasteiger partial charge in [-0.15, -0.1) is 0 Å². The van der Waals surface area contributed by atoms with Crippen LogP contribution in [0.15, 0.2) is 89.8 Å². The van der Waals surface area contributed by atoms with Crippen LogP contribution in [0.4, 0.5) is 11.5 Å². The number of hydrogen-bond acceptors (Lipinski definition) is 6. The number of nitrogens with zero attached hydrogens (tertiary/aromatic N) is 2. The Morgan fingerprint density at radius 1 is 0.927 bits per heavy atom. The van der Waals surface area contributed by atoms with Crippen LogP contribution in [0.5, 0.6) is 5.75 Å². The monoisotopic (exact) mass is 573 g/mol. The average molecular weight is 574 g/mol. The first-order valence-electron chi connectivity index (χ1n) is 13.4. The van der Waals surface area contributed by atoms with Crippen molar-refractivity contribution in [2.75, 3.05) is 11.3 Å². The van der Waals surface area contributed by atoms with Gasteiger partial charge in [0.25, 0.3) is 15.7 Å². The molecule has 3 aromatic carbocycles. The molecule has 4 rings (SSSR count). The third kappa shape index (κ3) is 7.49. The van der Waals surface area contributed by atoms with Crippen molar-refractivity contribution in [2.24, 2.45) is 5.41 Å². The van der Waals surface area contributed by atoms with E-state index < -0.39 is 14.9 Å². The Balaban J connectivity index is 1.77. The number of ether oxygens (including phenoxy) is 1. The number of sulfonamides is 1. The molecule has 214 valence electrons. The normalized spacial score (nSPS) is 11.9. The molecule has 0 aliphatic carbocycles. The number of pyridine rings is 1. The van der Waals surface area contributed by atoms with Crippen LogP contribution in [0.2, 0.25) is 0 Å². The van der Waals surface area contributed by atoms with Crippen LogP contribution >= 0.6 is 0 Å². The number of aromatic nitrogens is 1. The van der Waals surface area contributed by atoms with Crippen LogP contribution in [-0.2, 0) is 10.0 Å². The lowest BCUT2D eigenvalue weighted by Gasteiger charge is -2.19. The smallest absolute Gasteiger partial charge is 0.270 e. The van der Waals surface area contributed by atoms with E-state index in [1.54, 1.807) is 6.07 Å². The summed E-state index contributed by atoms with van der Waals surface area (Å²) in [7, 11) is -4.14. The van der Waals surface area contributed by atoms with Gasteiger partial charge in [0.2, 0.25) is 0 Å². The van der Waals surface area contributed by atoms with Gasteiger partial charge in [-0.2, -0.15) is 0 Å². The van der Waals surface area contributed by atoms with Crippen LogP contribution in [0, 0.1) is 15.5 Å². The summed E-state index contributed by atoms with van der Waals surface area (Å²) < 4.78 is 34.9. The molecule has 0 aliphatic rings. The van der Waals surface area contributed by atoms with Gasteiger partial charge >= 0.3 is 0 Å². The van der Waals surface area contributed by atoms with Crippen LogP contribution in [0.25, 0.3) is 22.4 Å². The van der Waals surface area contributed by atoms with E-state index in [1.807, 2.05) is 54.6 Å². The number of benzene rings is 3. The Bertz CT molecular complexity index is 1660. The minimum absolute atomic E-state index is 0.103. The van der Waals surface area contributed by atoms with E-state index in [1.165, 1.54) is 18.2 Å². The van der Waals surface area contributed by atoms with Crippen molar-refractivity contribution in [3.63, 3.8) is 0 Å². The van der Waals surface area contributed by atoms with Crippen molar-refractivity contribution in [3.05, 3.63) is 101 Å². The summed E-state index contributed by atoms with van der Waals surface area (Å²) in [5, 5.41) is 11.2. The predicted molar refractivity (Wildman–Crippen MR) is 163 cm³/mol. The maximum atomic E-state index is 13.2. The highest BCUT2D eigenvalue weighted by atomic mass is 32.2.